The zero-order chi connectivity index (χ0) is 22.8. The van der Waals surface area contributed by atoms with Crippen LogP contribution in [0.3, 0.4) is 0 Å². The molecule has 2 aromatic rings. The Bertz CT molecular complexity index is 1090. The molecule has 0 aliphatic carbocycles. The Labute approximate surface area is 192 Å². The van der Waals surface area contributed by atoms with Crippen molar-refractivity contribution in [1.29, 1.82) is 0 Å². The molecular weight excluding hydrogens is 419 g/mol. The lowest BCUT2D eigenvalue weighted by atomic mass is 10.1. The predicted octanol–water partition coefficient (Wildman–Crippen LogP) is 3.12. The van der Waals surface area contributed by atoms with Gasteiger partial charge in [-0.15, -0.1) is 0 Å². The summed E-state index contributed by atoms with van der Waals surface area (Å²) < 4.78 is 1.87. The van der Waals surface area contributed by atoms with Crippen LogP contribution in [0.5, 0.6) is 0 Å². The predicted molar refractivity (Wildman–Crippen MR) is 132 cm³/mol. The van der Waals surface area contributed by atoms with Gasteiger partial charge < -0.3 is 14.7 Å². The van der Waals surface area contributed by atoms with E-state index in [9.17, 15) is 4.79 Å². The second-order valence-electron chi connectivity index (χ2n) is 9.07. The highest BCUT2D eigenvalue weighted by Gasteiger charge is 2.26. The van der Waals surface area contributed by atoms with E-state index in [0.29, 0.717) is 8.58 Å². The monoisotopic (exact) mass is 452 g/mol. The lowest BCUT2D eigenvalue weighted by Gasteiger charge is -2.32. The van der Waals surface area contributed by atoms with Crippen molar-refractivity contribution >= 4 is 25.7 Å². The minimum atomic E-state index is 0.205. The van der Waals surface area contributed by atoms with Gasteiger partial charge in [-0.1, -0.05) is 14.7 Å². The smallest absolute Gasteiger partial charge is 0.143 e. The Morgan fingerprint density at radius 1 is 1.34 bits per heavy atom. The summed E-state index contributed by atoms with van der Waals surface area (Å²) in [6.07, 6.45) is 12.4. The van der Waals surface area contributed by atoms with Gasteiger partial charge in [0.05, 0.1) is 40.3 Å². The number of carbonyl (C=O) groups excluding carboxylic acids is 1. The summed E-state index contributed by atoms with van der Waals surface area (Å²) in [5, 5.41) is 5.70. The first kappa shape index (κ1) is 22.7. The molecule has 0 amide bonds. The molecule has 4 heterocycles. The highest BCUT2D eigenvalue weighted by Crippen LogP contribution is 2.40. The minimum absolute atomic E-state index is 0.205. The molecule has 170 valence electrons. The van der Waals surface area contributed by atoms with E-state index in [2.05, 4.69) is 59.2 Å². The van der Waals surface area contributed by atoms with E-state index in [1.807, 2.05) is 30.6 Å². The number of fused-ring (bicyclic) bond motifs is 1. The summed E-state index contributed by atoms with van der Waals surface area (Å²) in [5.41, 5.74) is 4.96. The van der Waals surface area contributed by atoms with Gasteiger partial charge in [0.2, 0.25) is 0 Å². The Hall–Kier alpha value is -2.50. The van der Waals surface area contributed by atoms with Crippen LogP contribution in [0.15, 0.2) is 42.4 Å². The molecule has 3 atom stereocenters. The lowest BCUT2D eigenvalue weighted by Crippen LogP contribution is -2.30. The number of hydrogen-bond acceptors (Lipinski definition) is 6. The molecule has 3 unspecified atom stereocenters. The number of nitrogens with zero attached hydrogens (tertiary/aromatic N) is 6. The van der Waals surface area contributed by atoms with Crippen molar-refractivity contribution in [2.24, 2.45) is 5.92 Å². The molecule has 1 saturated heterocycles. The number of carbonyl (C=O) groups is 1. The molecule has 0 radical (unpaired) electrons. The Balaban J connectivity index is 1.48. The van der Waals surface area contributed by atoms with Crippen LogP contribution >= 0.6 is 8.58 Å². The SMILES string of the molecule is Cc1cn2nc(/C(=C/C=O)PC3C=CC(N4CCC(CN(C)C)C4)=CN3C)cc2c(C)n1. The molecule has 1 fully saturated rings. The van der Waals surface area contributed by atoms with Crippen molar-refractivity contribution < 1.29 is 4.79 Å². The van der Waals surface area contributed by atoms with Crippen LogP contribution in [0.2, 0.25) is 0 Å². The van der Waals surface area contributed by atoms with Gasteiger partial charge in [0, 0.05) is 38.2 Å². The maximum absolute atomic E-state index is 11.4. The van der Waals surface area contributed by atoms with Gasteiger partial charge in [-0.3, -0.25) is 9.78 Å². The van der Waals surface area contributed by atoms with Crippen LogP contribution < -0.4 is 0 Å². The molecule has 2 aliphatic rings. The average Bonchev–Trinajstić information content (AvgIpc) is 3.35. The summed E-state index contributed by atoms with van der Waals surface area (Å²) >= 11 is 0. The summed E-state index contributed by atoms with van der Waals surface area (Å²) in [5.74, 6) is 0.929. The molecule has 0 bridgehead atoms. The van der Waals surface area contributed by atoms with E-state index < -0.39 is 0 Å². The minimum Gasteiger partial charge on any atom is -0.370 e. The van der Waals surface area contributed by atoms with Crippen LogP contribution in [-0.2, 0) is 4.79 Å². The van der Waals surface area contributed by atoms with Crippen molar-refractivity contribution in [3.63, 3.8) is 0 Å². The fraction of sp³-hybridized carbons (Fsp3) is 0.458. The molecule has 32 heavy (non-hydrogen) atoms. The number of aldehydes is 1. The van der Waals surface area contributed by atoms with Gasteiger partial charge in [-0.05, 0) is 58.5 Å². The number of rotatable bonds is 7. The molecule has 0 aromatic carbocycles. The van der Waals surface area contributed by atoms with E-state index >= 15 is 0 Å². The van der Waals surface area contributed by atoms with Crippen molar-refractivity contribution in [3.8, 4) is 0 Å². The first-order valence-electron chi connectivity index (χ1n) is 11.1. The van der Waals surface area contributed by atoms with Crippen molar-refractivity contribution in [3.05, 3.63) is 59.5 Å². The normalized spacial score (nSPS) is 22.1. The summed E-state index contributed by atoms with van der Waals surface area (Å²) in [7, 11) is 6.82. The maximum Gasteiger partial charge on any atom is 0.143 e. The number of likely N-dealkylation sites (tertiary alicyclic amines) is 1. The van der Waals surface area contributed by atoms with Crippen molar-refractivity contribution in [2.45, 2.75) is 26.1 Å². The highest BCUT2D eigenvalue weighted by atomic mass is 31.1. The molecule has 4 rings (SSSR count). The van der Waals surface area contributed by atoms with E-state index in [1.54, 1.807) is 6.08 Å². The van der Waals surface area contributed by atoms with Gasteiger partial charge in [-0.25, -0.2) is 4.52 Å². The second kappa shape index (κ2) is 9.55. The number of aromatic nitrogens is 3. The summed E-state index contributed by atoms with van der Waals surface area (Å²) in [4.78, 5) is 23.0. The third kappa shape index (κ3) is 4.94. The molecule has 0 saturated carbocycles. The van der Waals surface area contributed by atoms with E-state index in [-0.39, 0.29) is 5.78 Å². The number of aryl methyl sites for hydroxylation is 2. The Morgan fingerprint density at radius 2 is 2.16 bits per heavy atom. The molecule has 2 aliphatic heterocycles. The van der Waals surface area contributed by atoms with E-state index in [0.717, 1.165) is 59.8 Å². The van der Waals surface area contributed by atoms with Gasteiger partial charge in [0.15, 0.2) is 0 Å². The molecule has 7 nitrogen and oxygen atoms in total. The molecule has 0 N–H and O–H groups in total. The highest BCUT2D eigenvalue weighted by molar-refractivity contribution is 7.51. The molecule has 2 aromatic heterocycles. The Kier molecular flexibility index (Phi) is 6.77. The molecule has 0 spiro atoms. The fourth-order valence-electron chi connectivity index (χ4n) is 4.58. The fourth-order valence-corrected chi connectivity index (χ4v) is 5.81. The maximum atomic E-state index is 11.4. The van der Waals surface area contributed by atoms with E-state index in [1.165, 1.54) is 12.1 Å². The largest absolute Gasteiger partial charge is 0.370 e. The van der Waals surface area contributed by atoms with E-state index in [4.69, 9.17) is 5.10 Å². The third-order valence-electron chi connectivity index (χ3n) is 6.07. The van der Waals surface area contributed by atoms with Crippen LogP contribution in [0.25, 0.3) is 10.8 Å². The number of allylic oxidation sites excluding steroid dienone is 2. The average molecular weight is 453 g/mol. The third-order valence-corrected chi connectivity index (χ3v) is 7.70. The van der Waals surface area contributed by atoms with Crippen LogP contribution in [0.1, 0.15) is 23.5 Å². The van der Waals surface area contributed by atoms with Gasteiger partial charge >= 0.3 is 0 Å². The summed E-state index contributed by atoms with van der Waals surface area (Å²) in [6.45, 7) is 7.32. The van der Waals surface area contributed by atoms with Crippen molar-refractivity contribution in [1.82, 2.24) is 29.3 Å². The van der Waals surface area contributed by atoms with Gasteiger partial charge in [0.25, 0.3) is 0 Å². The first-order chi connectivity index (χ1) is 15.3. The van der Waals surface area contributed by atoms with Crippen LogP contribution in [0, 0.1) is 19.8 Å². The van der Waals surface area contributed by atoms with Crippen LogP contribution in [-0.4, -0.2) is 82.1 Å². The molecule has 8 heteroatoms. The van der Waals surface area contributed by atoms with Gasteiger partial charge in [-0.2, -0.15) is 5.10 Å². The zero-order valence-corrected chi connectivity index (χ0v) is 20.6. The summed E-state index contributed by atoms with van der Waals surface area (Å²) in [6, 6.07) is 2.03. The Morgan fingerprint density at radius 3 is 2.88 bits per heavy atom. The van der Waals surface area contributed by atoms with Crippen LogP contribution in [0.4, 0.5) is 0 Å². The quantitative estimate of drug-likeness (QED) is 0.366. The number of likely N-dealkylation sites (N-methyl/N-ethyl adjacent to an activating group) is 1. The zero-order valence-electron chi connectivity index (χ0n) is 19.6. The molecular formula is C24H33N6OP. The topological polar surface area (TPSA) is 57.0 Å². The number of hydrogen-bond donors (Lipinski definition) is 0. The second-order valence-corrected chi connectivity index (χ2v) is 10.5. The standard InChI is InChI=1S/C24H33N6OP/c1-17-13-30-22(18(2)25-17)12-21(26-30)23(9-11-31)32-24-7-6-20(16-28(24)5)29-10-8-19(15-29)14-27(3)4/h6-7,9,11-13,16,19,24,32H,8,10,14-15H2,1-5H3/b23-9-. The van der Waals surface area contributed by atoms with Crippen molar-refractivity contribution in [2.75, 3.05) is 40.8 Å². The lowest BCUT2D eigenvalue weighted by molar-refractivity contribution is -0.104. The first-order valence-corrected chi connectivity index (χ1v) is 12.2. The van der Waals surface area contributed by atoms with Gasteiger partial charge in [0.1, 0.15) is 6.29 Å².